The third kappa shape index (κ3) is 2.62. The third-order valence-electron chi connectivity index (χ3n) is 5.35. The SMILES string of the molecule is Cc1cc2c(N3CCC(N4CCCC4C(N)=O)CC3)nccn2n1. The summed E-state index contributed by atoms with van der Waals surface area (Å²) >= 11 is 0. The Morgan fingerprint density at radius 2 is 2.04 bits per heavy atom. The lowest BCUT2D eigenvalue weighted by Gasteiger charge is -2.39. The van der Waals surface area contributed by atoms with E-state index in [4.69, 9.17) is 5.73 Å². The van der Waals surface area contributed by atoms with Crippen LogP contribution < -0.4 is 10.6 Å². The zero-order valence-electron chi connectivity index (χ0n) is 14.1. The van der Waals surface area contributed by atoms with Gasteiger partial charge < -0.3 is 10.6 Å². The summed E-state index contributed by atoms with van der Waals surface area (Å²) < 4.78 is 1.90. The quantitative estimate of drug-likeness (QED) is 0.908. The van der Waals surface area contributed by atoms with Crippen LogP contribution in [0.4, 0.5) is 5.82 Å². The van der Waals surface area contributed by atoms with Gasteiger partial charge in [0.1, 0.15) is 5.52 Å². The molecule has 2 fully saturated rings. The highest BCUT2D eigenvalue weighted by molar-refractivity contribution is 5.80. The first-order valence-corrected chi connectivity index (χ1v) is 8.74. The normalized spacial score (nSPS) is 23.2. The number of hydrogen-bond donors (Lipinski definition) is 1. The first-order valence-electron chi connectivity index (χ1n) is 8.74. The molecule has 0 spiro atoms. The van der Waals surface area contributed by atoms with Crippen LogP contribution in [0.3, 0.4) is 0 Å². The number of anilines is 1. The number of nitrogens with two attached hydrogens (primary N) is 1. The van der Waals surface area contributed by atoms with E-state index < -0.39 is 0 Å². The Balaban J connectivity index is 1.49. The second kappa shape index (κ2) is 6.05. The van der Waals surface area contributed by atoms with E-state index >= 15 is 0 Å². The molecule has 2 aliphatic heterocycles. The van der Waals surface area contributed by atoms with Crippen LogP contribution >= 0.6 is 0 Å². The Labute approximate surface area is 141 Å². The van der Waals surface area contributed by atoms with Crippen LogP contribution in [0.5, 0.6) is 0 Å². The summed E-state index contributed by atoms with van der Waals surface area (Å²) in [5, 5.41) is 4.47. The van der Waals surface area contributed by atoms with Gasteiger partial charge in [-0.3, -0.25) is 9.69 Å². The molecule has 7 heteroatoms. The summed E-state index contributed by atoms with van der Waals surface area (Å²) in [4.78, 5) is 20.9. The van der Waals surface area contributed by atoms with Gasteiger partial charge in [0.2, 0.25) is 5.91 Å². The average Bonchev–Trinajstić information content (AvgIpc) is 3.20. The minimum Gasteiger partial charge on any atom is -0.368 e. The summed E-state index contributed by atoms with van der Waals surface area (Å²) in [6, 6.07) is 2.46. The van der Waals surface area contributed by atoms with Crippen molar-refractivity contribution < 1.29 is 4.79 Å². The summed E-state index contributed by atoms with van der Waals surface area (Å²) in [5.74, 6) is 0.834. The van der Waals surface area contributed by atoms with Gasteiger partial charge in [0.25, 0.3) is 0 Å². The number of rotatable bonds is 3. The molecule has 2 saturated heterocycles. The van der Waals surface area contributed by atoms with Crippen molar-refractivity contribution in [2.45, 2.75) is 44.7 Å². The molecule has 0 aromatic carbocycles. The number of likely N-dealkylation sites (tertiary alicyclic amines) is 1. The van der Waals surface area contributed by atoms with Gasteiger partial charge in [0.05, 0.1) is 11.7 Å². The molecule has 0 saturated carbocycles. The second-order valence-electron chi connectivity index (χ2n) is 6.88. The van der Waals surface area contributed by atoms with E-state index in [-0.39, 0.29) is 11.9 Å². The van der Waals surface area contributed by atoms with Gasteiger partial charge in [-0.1, -0.05) is 0 Å². The maximum atomic E-state index is 11.6. The molecular formula is C17H24N6O. The smallest absolute Gasteiger partial charge is 0.234 e. The predicted octanol–water partition coefficient (Wildman–Crippen LogP) is 0.956. The van der Waals surface area contributed by atoms with Crippen molar-refractivity contribution in [3.63, 3.8) is 0 Å². The fourth-order valence-corrected chi connectivity index (χ4v) is 4.22. The van der Waals surface area contributed by atoms with Crippen LogP contribution in [-0.4, -0.2) is 57.1 Å². The standard InChI is InChI=1S/C17H24N6O/c1-12-11-15-17(19-6-10-23(15)20-12)21-8-4-13(5-9-21)22-7-2-3-14(22)16(18)24/h6,10-11,13-14H,2-5,7-9H2,1H3,(H2,18,24). The van der Waals surface area contributed by atoms with Crippen molar-refractivity contribution in [3.8, 4) is 0 Å². The summed E-state index contributed by atoms with van der Waals surface area (Å²) in [5.41, 5.74) is 7.63. The van der Waals surface area contributed by atoms with Crippen LogP contribution in [0.1, 0.15) is 31.4 Å². The van der Waals surface area contributed by atoms with E-state index in [0.29, 0.717) is 6.04 Å². The number of aryl methyl sites for hydroxylation is 1. The van der Waals surface area contributed by atoms with Crippen LogP contribution in [-0.2, 0) is 4.79 Å². The number of aromatic nitrogens is 3. The first kappa shape index (κ1) is 15.4. The monoisotopic (exact) mass is 328 g/mol. The maximum absolute atomic E-state index is 11.6. The molecule has 1 atom stereocenters. The van der Waals surface area contributed by atoms with Crippen LogP contribution in [0.25, 0.3) is 5.52 Å². The van der Waals surface area contributed by atoms with Crippen LogP contribution in [0.15, 0.2) is 18.5 Å². The van der Waals surface area contributed by atoms with Crippen molar-refractivity contribution in [1.29, 1.82) is 0 Å². The summed E-state index contributed by atoms with van der Waals surface area (Å²) in [6.07, 6.45) is 7.76. The van der Waals surface area contributed by atoms with Crippen molar-refractivity contribution in [2.24, 2.45) is 5.73 Å². The first-order chi connectivity index (χ1) is 11.6. The molecule has 2 aliphatic rings. The van der Waals surface area contributed by atoms with E-state index in [1.165, 1.54) is 0 Å². The molecule has 128 valence electrons. The number of carbonyl (C=O) groups is 1. The van der Waals surface area contributed by atoms with Crippen LogP contribution in [0.2, 0.25) is 0 Å². The van der Waals surface area contributed by atoms with Gasteiger partial charge in [-0.2, -0.15) is 5.10 Å². The number of carbonyl (C=O) groups excluding carboxylic acids is 1. The second-order valence-corrected chi connectivity index (χ2v) is 6.88. The highest BCUT2D eigenvalue weighted by Crippen LogP contribution is 2.29. The number of nitrogens with zero attached hydrogens (tertiary/aromatic N) is 5. The maximum Gasteiger partial charge on any atom is 0.234 e. The van der Waals surface area contributed by atoms with E-state index in [0.717, 1.165) is 62.3 Å². The fraction of sp³-hybridized carbons (Fsp3) is 0.588. The molecule has 2 aromatic heterocycles. The Hall–Kier alpha value is -2.15. The molecule has 24 heavy (non-hydrogen) atoms. The Kier molecular flexibility index (Phi) is 3.88. The lowest BCUT2D eigenvalue weighted by molar-refractivity contribution is -0.123. The zero-order valence-corrected chi connectivity index (χ0v) is 14.1. The van der Waals surface area contributed by atoms with Gasteiger partial charge in [-0.05, 0) is 45.2 Å². The molecule has 4 heterocycles. The number of amides is 1. The largest absolute Gasteiger partial charge is 0.368 e. The van der Waals surface area contributed by atoms with Crippen molar-refractivity contribution in [3.05, 3.63) is 24.2 Å². The zero-order chi connectivity index (χ0) is 16.7. The lowest BCUT2D eigenvalue weighted by Crippen LogP contribution is -2.50. The molecule has 0 radical (unpaired) electrons. The topological polar surface area (TPSA) is 79.8 Å². The number of primary amides is 1. The molecule has 2 aromatic rings. The number of piperidine rings is 1. The lowest BCUT2D eigenvalue weighted by atomic mass is 10.0. The average molecular weight is 328 g/mol. The van der Waals surface area contributed by atoms with Gasteiger partial charge >= 0.3 is 0 Å². The molecule has 2 N–H and O–H groups in total. The highest BCUT2D eigenvalue weighted by atomic mass is 16.1. The van der Waals surface area contributed by atoms with Crippen LogP contribution in [0, 0.1) is 6.92 Å². The Morgan fingerprint density at radius 3 is 2.79 bits per heavy atom. The molecule has 1 unspecified atom stereocenters. The van der Waals surface area contributed by atoms with Gasteiger partial charge in [-0.25, -0.2) is 9.50 Å². The van der Waals surface area contributed by atoms with Gasteiger partial charge in [0.15, 0.2) is 5.82 Å². The number of hydrogen-bond acceptors (Lipinski definition) is 5. The molecular weight excluding hydrogens is 304 g/mol. The third-order valence-corrected chi connectivity index (χ3v) is 5.35. The van der Waals surface area contributed by atoms with E-state index in [9.17, 15) is 4.79 Å². The van der Waals surface area contributed by atoms with E-state index in [1.807, 2.05) is 23.8 Å². The van der Waals surface area contributed by atoms with Crippen molar-refractivity contribution >= 4 is 17.2 Å². The number of fused-ring (bicyclic) bond motifs is 1. The van der Waals surface area contributed by atoms with E-state index in [2.05, 4.69) is 25.9 Å². The van der Waals surface area contributed by atoms with E-state index in [1.54, 1.807) is 0 Å². The minimum absolute atomic E-state index is 0.0689. The Morgan fingerprint density at radius 1 is 1.25 bits per heavy atom. The minimum atomic E-state index is -0.170. The predicted molar refractivity (Wildman–Crippen MR) is 91.9 cm³/mol. The van der Waals surface area contributed by atoms with Crippen molar-refractivity contribution in [2.75, 3.05) is 24.5 Å². The van der Waals surface area contributed by atoms with Gasteiger partial charge in [-0.15, -0.1) is 0 Å². The molecule has 1 amide bonds. The Bertz CT molecular complexity index is 749. The van der Waals surface area contributed by atoms with Gasteiger partial charge in [0, 0.05) is 31.5 Å². The molecule has 0 bridgehead atoms. The highest BCUT2D eigenvalue weighted by Gasteiger charge is 2.36. The molecule has 7 nitrogen and oxygen atoms in total. The molecule has 4 rings (SSSR count). The van der Waals surface area contributed by atoms with Crippen molar-refractivity contribution in [1.82, 2.24) is 19.5 Å². The fourth-order valence-electron chi connectivity index (χ4n) is 4.22. The molecule has 0 aliphatic carbocycles. The summed E-state index contributed by atoms with van der Waals surface area (Å²) in [6.45, 7) is 4.89. The summed E-state index contributed by atoms with van der Waals surface area (Å²) in [7, 11) is 0.